The highest BCUT2D eigenvalue weighted by molar-refractivity contribution is 7.71. The number of carbonyl (C=O) groups excluding carboxylic acids is 1. The maximum absolute atomic E-state index is 12.7. The van der Waals surface area contributed by atoms with Crippen molar-refractivity contribution < 1.29 is 4.79 Å². The minimum atomic E-state index is -0.0283. The third-order valence-corrected chi connectivity index (χ3v) is 5.85. The minimum Gasteiger partial charge on any atom is -0.350 e. The van der Waals surface area contributed by atoms with E-state index >= 15 is 0 Å². The molecule has 1 aliphatic heterocycles. The largest absolute Gasteiger partial charge is 0.350 e. The highest BCUT2D eigenvalue weighted by Gasteiger charge is 2.23. The van der Waals surface area contributed by atoms with Gasteiger partial charge in [-0.1, -0.05) is 36.8 Å². The Labute approximate surface area is 176 Å². The van der Waals surface area contributed by atoms with Gasteiger partial charge in [-0.05, 0) is 61.4 Å². The lowest BCUT2D eigenvalue weighted by Crippen LogP contribution is -2.46. The lowest BCUT2D eigenvalue weighted by atomic mass is 10.0. The number of carbonyl (C=O) groups is 1. The first kappa shape index (κ1) is 19.6. The SMILES string of the molecule is O=C(NCC1CCCCN1Cc1ccccc1)c1ccc(-n2cc[nH]c2=S)cc1. The monoisotopic (exact) mass is 406 g/mol. The van der Waals surface area contributed by atoms with Crippen molar-refractivity contribution in [1.29, 1.82) is 0 Å². The van der Waals surface area contributed by atoms with Gasteiger partial charge in [0.25, 0.3) is 5.91 Å². The van der Waals surface area contributed by atoms with Gasteiger partial charge in [0, 0.05) is 42.8 Å². The van der Waals surface area contributed by atoms with Crippen LogP contribution in [0.15, 0.2) is 67.0 Å². The van der Waals surface area contributed by atoms with Crippen LogP contribution in [0, 0.1) is 4.77 Å². The first-order valence-corrected chi connectivity index (χ1v) is 10.5. The van der Waals surface area contributed by atoms with E-state index in [-0.39, 0.29) is 5.91 Å². The maximum Gasteiger partial charge on any atom is 0.251 e. The Kier molecular flexibility index (Phi) is 6.22. The fraction of sp³-hybridized carbons (Fsp3) is 0.304. The number of rotatable bonds is 6. The number of hydrogen-bond donors (Lipinski definition) is 2. The van der Waals surface area contributed by atoms with Gasteiger partial charge in [0.05, 0.1) is 0 Å². The van der Waals surface area contributed by atoms with Crippen molar-refractivity contribution in [3.63, 3.8) is 0 Å². The Hall–Kier alpha value is -2.70. The van der Waals surface area contributed by atoms with E-state index in [1.54, 1.807) is 6.20 Å². The predicted molar refractivity (Wildman–Crippen MR) is 118 cm³/mol. The molecule has 29 heavy (non-hydrogen) atoms. The molecule has 0 radical (unpaired) electrons. The van der Waals surface area contributed by atoms with Crippen LogP contribution in [0.25, 0.3) is 5.69 Å². The molecule has 1 unspecified atom stereocenters. The molecule has 0 aliphatic carbocycles. The topological polar surface area (TPSA) is 53.1 Å². The van der Waals surface area contributed by atoms with Crippen LogP contribution >= 0.6 is 12.2 Å². The minimum absolute atomic E-state index is 0.0283. The standard InChI is InChI=1S/C23H26N4OS/c28-22(19-9-11-20(12-10-19)27-15-13-24-23(27)29)25-16-21-8-4-5-14-26(21)17-18-6-2-1-3-7-18/h1-3,6-7,9-13,15,21H,4-5,8,14,16-17H2,(H,24,29)(H,25,28). The molecule has 0 bridgehead atoms. The quantitative estimate of drug-likeness (QED) is 0.600. The first-order chi connectivity index (χ1) is 14.2. The number of piperidine rings is 1. The van der Waals surface area contributed by atoms with Crippen molar-refractivity contribution in [3.8, 4) is 5.69 Å². The zero-order valence-electron chi connectivity index (χ0n) is 16.4. The number of likely N-dealkylation sites (tertiary alicyclic amines) is 1. The van der Waals surface area contributed by atoms with Crippen molar-refractivity contribution in [2.24, 2.45) is 0 Å². The maximum atomic E-state index is 12.7. The van der Waals surface area contributed by atoms with Gasteiger partial charge in [-0.3, -0.25) is 14.3 Å². The number of benzene rings is 2. The zero-order valence-corrected chi connectivity index (χ0v) is 17.2. The summed E-state index contributed by atoms with van der Waals surface area (Å²) >= 11 is 5.25. The summed E-state index contributed by atoms with van der Waals surface area (Å²) in [7, 11) is 0. The fourth-order valence-electron chi connectivity index (χ4n) is 3.93. The smallest absolute Gasteiger partial charge is 0.251 e. The van der Waals surface area contributed by atoms with Crippen molar-refractivity contribution in [2.45, 2.75) is 31.8 Å². The zero-order chi connectivity index (χ0) is 20.1. The molecule has 4 rings (SSSR count). The van der Waals surface area contributed by atoms with E-state index in [2.05, 4.69) is 39.5 Å². The lowest BCUT2D eigenvalue weighted by Gasteiger charge is -2.36. The molecule has 3 aromatic rings. The van der Waals surface area contributed by atoms with Crippen LogP contribution in [0.2, 0.25) is 0 Å². The first-order valence-electron chi connectivity index (χ1n) is 10.1. The summed E-state index contributed by atoms with van der Waals surface area (Å²) in [5.41, 5.74) is 2.93. The molecule has 5 nitrogen and oxygen atoms in total. The second-order valence-electron chi connectivity index (χ2n) is 7.50. The third-order valence-electron chi connectivity index (χ3n) is 5.53. The van der Waals surface area contributed by atoms with Gasteiger partial charge in [0.15, 0.2) is 4.77 Å². The van der Waals surface area contributed by atoms with Gasteiger partial charge in [0.2, 0.25) is 0 Å². The number of nitrogens with one attached hydrogen (secondary N) is 2. The summed E-state index contributed by atoms with van der Waals surface area (Å²) in [5.74, 6) is -0.0283. The molecule has 2 heterocycles. The van der Waals surface area contributed by atoms with E-state index in [0.29, 0.717) is 22.9 Å². The molecule has 0 saturated carbocycles. The predicted octanol–water partition coefficient (Wildman–Crippen LogP) is 4.32. The number of amides is 1. The summed E-state index contributed by atoms with van der Waals surface area (Å²) in [4.78, 5) is 18.1. The summed E-state index contributed by atoms with van der Waals surface area (Å²) in [6.45, 7) is 2.70. The Balaban J connectivity index is 1.36. The molecule has 1 amide bonds. The van der Waals surface area contributed by atoms with Crippen LogP contribution in [0.1, 0.15) is 35.2 Å². The molecule has 1 fully saturated rings. The van der Waals surface area contributed by atoms with Crippen LogP contribution in [-0.2, 0) is 6.54 Å². The fourth-order valence-corrected chi connectivity index (χ4v) is 4.16. The van der Waals surface area contributed by atoms with Gasteiger partial charge >= 0.3 is 0 Å². The molecule has 1 atom stereocenters. The van der Waals surface area contributed by atoms with Crippen LogP contribution in [0.3, 0.4) is 0 Å². The normalized spacial score (nSPS) is 17.2. The van der Waals surface area contributed by atoms with Crippen LogP contribution in [0.4, 0.5) is 0 Å². The molecule has 1 aromatic heterocycles. The van der Waals surface area contributed by atoms with E-state index in [1.165, 1.54) is 18.4 Å². The molecule has 0 spiro atoms. The molecule has 2 aromatic carbocycles. The van der Waals surface area contributed by atoms with Crippen LogP contribution in [-0.4, -0.2) is 39.5 Å². The average molecular weight is 407 g/mol. The molecular formula is C23H26N4OS. The Morgan fingerprint density at radius 3 is 2.62 bits per heavy atom. The molecular weight excluding hydrogens is 380 g/mol. The van der Waals surface area contributed by atoms with Crippen molar-refractivity contribution in [2.75, 3.05) is 13.1 Å². The summed E-state index contributed by atoms with van der Waals surface area (Å²) in [6, 6.07) is 18.5. The van der Waals surface area contributed by atoms with E-state index in [9.17, 15) is 4.79 Å². The Morgan fingerprint density at radius 1 is 1.10 bits per heavy atom. The van der Waals surface area contributed by atoms with Gasteiger partial charge < -0.3 is 10.3 Å². The van der Waals surface area contributed by atoms with Gasteiger partial charge in [-0.2, -0.15) is 0 Å². The number of nitrogens with zero attached hydrogens (tertiary/aromatic N) is 2. The summed E-state index contributed by atoms with van der Waals surface area (Å²) < 4.78 is 2.51. The lowest BCUT2D eigenvalue weighted by molar-refractivity contribution is 0.0907. The van der Waals surface area contributed by atoms with E-state index < -0.39 is 0 Å². The second kappa shape index (κ2) is 9.20. The Bertz CT molecular complexity index is 993. The number of aromatic nitrogens is 2. The van der Waals surface area contributed by atoms with E-state index in [4.69, 9.17) is 12.2 Å². The molecule has 2 N–H and O–H groups in total. The number of hydrogen-bond acceptors (Lipinski definition) is 3. The van der Waals surface area contributed by atoms with E-state index in [0.717, 1.165) is 25.2 Å². The summed E-state index contributed by atoms with van der Waals surface area (Å²) in [6.07, 6.45) is 7.24. The second-order valence-corrected chi connectivity index (χ2v) is 7.88. The van der Waals surface area contributed by atoms with Crippen molar-refractivity contribution in [1.82, 2.24) is 19.8 Å². The van der Waals surface area contributed by atoms with Gasteiger partial charge in [-0.15, -0.1) is 0 Å². The van der Waals surface area contributed by atoms with Crippen LogP contribution in [0.5, 0.6) is 0 Å². The Morgan fingerprint density at radius 2 is 1.90 bits per heavy atom. The van der Waals surface area contributed by atoms with Crippen molar-refractivity contribution >= 4 is 18.1 Å². The summed E-state index contributed by atoms with van der Waals surface area (Å²) in [5, 5.41) is 3.14. The highest BCUT2D eigenvalue weighted by Crippen LogP contribution is 2.19. The van der Waals surface area contributed by atoms with Crippen molar-refractivity contribution in [3.05, 3.63) is 82.9 Å². The van der Waals surface area contributed by atoms with Gasteiger partial charge in [-0.25, -0.2) is 0 Å². The van der Waals surface area contributed by atoms with Gasteiger partial charge in [0.1, 0.15) is 0 Å². The molecule has 150 valence electrons. The molecule has 1 saturated heterocycles. The van der Waals surface area contributed by atoms with Crippen LogP contribution < -0.4 is 5.32 Å². The molecule has 6 heteroatoms. The average Bonchev–Trinajstić information content (AvgIpc) is 3.19. The molecule has 1 aliphatic rings. The van der Waals surface area contributed by atoms with E-state index in [1.807, 2.05) is 41.1 Å². The highest BCUT2D eigenvalue weighted by atomic mass is 32.1. The number of H-pyrrole nitrogens is 1. The number of aromatic amines is 1. The third kappa shape index (κ3) is 4.83. The number of imidazole rings is 1.